The van der Waals surface area contributed by atoms with Crippen LogP contribution in [0.25, 0.3) is 0 Å². The summed E-state index contributed by atoms with van der Waals surface area (Å²) in [5, 5.41) is 5.91. The van der Waals surface area contributed by atoms with E-state index >= 15 is 0 Å². The largest absolute Gasteiger partial charge is 0.369 e. The molecule has 2 heterocycles. The van der Waals surface area contributed by atoms with Crippen molar-refractivity contribution >= 4 is 11.7 Å². The van der Waals surface area contributed by atoms with Crippen LogP contribution in [0.2, 0.25) is 0 Å². The van der Waals surface area contributed by atoms with Crippen LogP contribution in [0.5, 0.6) is 0 Å². The van der Waals surface area contributed by atoms with Crippen molar-refractivity contribution in [1.82, 2.24) is 15.6 Å². The smallest absolute Gasteiger partial charge is 0.315 e. The Bertz CT molecular complexity index is 603. The summed E-state index contributed by atoms with van der Waals surface area (Å²) in [6.07, 6.45) is 4.45. The Morgan fingerprint density at radius 2 is 2.09 bits per heavy atom. The molecule has 1 aromatic heterocycles. The molecule has 1 atom stereocenters. The van der Waals surface area contributed by atoms with E-state index in [1.807, 2.05) is 30.3 Å². The number of benzene rings is 1. The van der Waals surface area contributed by atoms with Gasteiger partial charge in [0.05, 0.1) is 0 Å². The van der Waals surface area contributed by atoms with Crippen LogP contribution in [0.1, 0.15) is 12.0 Å². The van der Waals surface area contributed by atoms with Gasteiger partial charge in [-0.05, 0) is 30.2 Å². The van der Waals surface area contributed by atoms with E-state index in [2.05, 4.69) is 32.7 Å². The molecule has 1 fully saturated rings. The summed E-state index contributed by atoms with van der Waals surface area (Å²) >= 11 is 0. The molecule has 114 valence electrons. The highest BCUT2D eigenvalue weighted by Gasteiger charge is 2.23. The van der Waals surface area contributed by atoms with E-state index in [0.29, 0.717) is 6.54 Å². The molecule has 1 aliphatic rings. The lowest BCUT2D eigenvalue weighted by Gasteiger charge is -2.19. The molecular formula is C17H20N4O. The van der Waals surface area contributed by atoms with Crippen molar-refractivity contribution in [2.24, 2.45) is 0 Å². The van der Waals surface area contributed by atoms with E-state index in [0.717, 1.165) is 25.1 Å². The molecule has 2 aromatic rings. The minimum Gasteiger partial charge on any atom is -0.369 e. The third-order valence-electron chi connectivity index (χ3n) is 3.82. The van der Waals surface area contributed by atoms with E-state index in [9.17, 15) is 4.79 Å². The van der Waals surface area contributed by atoms with Gasteiger partial charge in [0.25, 0.3) is 0 Å². The number of anilines is 1. The number of hydrogen-bond acceptors (Lipinski definition) is 3. The van der Waals surface area contributed by atoms with E-state index < -0.39 is 0 Å². The monoisotopic (exact) mass is 296 g/mol. The Kier molecular flexibility index (Phi) is 4.53. The van der Waals surface area contributed by atoms with Gasteiger partial charge in [-0.25, -0.2) is 4.79 Å². The molecule has 3 rings (SSSR count). The first-order valence-electron chi connectivity index (χ1n) is 7.54. The maximum Gasteiger partial charge on any atom is 0.315 e. The third kappa shape index (κ3) is 3.75. The zero-order chi connectivity index (χ0) is 15.2. The number of carbonyl (C=O) groups excluding carboxylic acids is 1. The molecule has 1 saturated heterocycles. The lowest BCUT2D eigenvalue weighted by molar-refractivity contribution is 0.237. The number of urea groups is 1. The maximum absolute atomic E-state index is 12.0. The second-order valence-corrected chi connectivity index (χ2v) is 5.46. The van der Waals surface area contributed by atoms with Crippen LogP contribution in [0.4, 0.5) is 10.5 Å². The number of hydrogen-bond donors (Lipinski definition) is 2. The SMILES string of the molecule is O=C(NCc1cccnc1)N[C@@H]1CCN(c2ccccc2)C1. The fourth-order valence-electron chi connectivity index (χ4n) is 2.67. The number of pyridine rings is 1. The predicted molar refractivity (Wildman–Crippen MR) is 86.7 cm³/mol. The Labute approximate surface area is 130 Å². The van der Waals surface area contributed by atoms with Crippen LogP contribution >= 0.6 is 0 Å². The van der Waals surface area contributed by atoms with Crippen LogP contribution < -0.4 is 15.5 Å². The lowest BCUT2D eigenvalue weighted by Crippen LogP contribution is -2.43. The summed E-state index contributed by atoms with van der Waals surface area (Å²) in [5.74, 6) is 0. The average Bonchev–Trinajstić information content (AvgIpc) is 3.03. The van der Waals surface area contributed by atoms with Crippen molar-refractivity contribution in [3.63, 3.8) is 0 Å². The van der Waals surface area contributed by atoms with Gasteiger partial charge in [-0.3, -0.25) is 4.98 Å². The summed E-state index contributed by atoms with van der Waals surface area (Å²) in [7, 11) is 0. The highest BCUT2D eigenvalue weighted by Crippen LogP contribution is 2.19. The molecule has 2 amide bonds. The minimum atomic E-state index is -0.122. The fourth-order valence-corrected chi connectivity index (χ4v) is 2.67. The number of aromatic nitrogens is 1. The molecule has 5 heteroatoms. The number of amides is 2. The van der Waals surface area contributed by atoms with E-state index in [4.69, 9.17) is 0 Å². The van der Waals surface area contributed by atoms with Gasteiger partial charge in [0, 0.05) is 43.8 Å². The molecule has 1 aliphatic heterocycles. The van der Waals surface area contributed by atoms with E-state index in [1.165, 1.54) is 5.69 Å². The Hall–Kier alpha value is -2.56. The zero-order valence-corrected chi connectivity index (χ0v) is 12.4. The van der Waals surface area contributed by atoms with Crippen LogP contribution in [-0.2, 0) is 6.54 Å². The van der Waals surface area contributed by atoms with Gasteiger partial charge in [0.1, 0.15) is 0 Å². The van der Waals surface area contributed by atoms with Crippen molar-refractivity contribution in [2.45, 2.75) is 19.0 Å². The Morgan fingerprint density at radius 3 is 2.86 bits per heavy atom. The van der Waals surface area contributed by atoms with Crippen molar-refractivity contribution in [1.29, 1.82) is 0 Å². The molecule has 0 bridgehead atoms. The van der Waals surface area contributed by atoms with E-state index in [-0.39, 0.29) is 12.1 Å². The first-order valence-corrected chi connectivity index (χ1v) is 7.54. The molecule has 0 aliphatic carbocycles. The molecule has 2 N–H and O–H groups in total. The van der Waals surface area contributed by atoms with Crippen LogP contribution in [0.3, 0.4) is 0 Å². The van der Waals surface area contributed by atoms with E-state index in [1.54, 1.807) is 12.4 Å². The summed E-state index contributed by atoms with van der Waals surface area (Å²) in [5.41, 5.74) is 2.21. The van der Waals surface area contributed by atoms with Gasteiger partial charge in [-0.1, -0.05) is 24.3 Å². The Balaban J connectivity index is 1.45. The van der Waals surface area contributed by atoms with Crippen molar-refractivity contribution in [2.75, 3.05) is 18.0 Å². The van der Waals surface area contributed by atoms with Crippen molar-refractivity contribution in [3.05, 3.63) is 60.4 Å². The average molecular weight is 296 g/mol. The van der Waals surface area contributed by atoms with Gasteiger partial charge in [-0.2, -0.15) is 0 Å². The zero-order valence-electron chi connectivity index (χ0n) is 12.4. The number of nitrogens with one attached hydrogen (secondary N) is 2. The van der Waals surface area contributed by atoms with Gasteiger partial charge in [-0.15, -0.1) is 0 Å². The molecule has 22 heavy (non-hydrogen) atoms. The number of rotatable bonds is 4. The highest BCUT2D eigenvalue weighted by molar-refractivity contribution is 5.74. The number of para-hydroxylation sites is 1. The lowest BCUT2D eigenvalue weighted by atomic mass is 10.2. The molecule has 0 unspecified atom stereocenters. The summed E-state index contributed by atoms with van der Waals surface area (Å²) in [6, 6.07) is 14.2. The van der Waals surface area contributed by atoms with Crippen LogP contribution in [-0.4, -0.2) is 30.1 Å². The molecule has 5 nitrogen and oxygen atoms in total. The summed E-state index contributed by atoms with van der Waals surface area (Å²) in [6.45, 7) is 2.32. The molecule has 0 radical (unpaired) electrons. The predicted octanol–water partition coefficient (Wildman–Crippen LogP) is 2.16. The van der Waals surface area contributed by atoms with Gasteiger partial charge < -0.3 is 15.5 Å². The molecule has 0 spiro atoms. The number of carbonyl (C=O) groups is 1. The normalized spacial score (nSPS) is 17.3. The first-order chi connectivity index (χ1) is 10.8. The van der Waals surface area contributed by atoms with Crippen molar-refractivity contribution in [3.8, 4) is 0 Å². The number of nitrogens with zero attached hydrogens (tertiary/aromatic N) is 2. The third-order valence-corrected chi connectivity index (χ3v) is 3.82. The fraction of sp³-hybridized carbons (Fsp3) is 0.294. The van der Waals surface area contributed by atoms with Crippen LogP contribution in [0, 0.1) is 0 Å². The topological polar surface area (TPSA) is 57.3 Å². The maximum atomic E-state index is 12.0. The highest BCUT2D eigenvalue weighted by atomic mass is 16.2. The minimum absolute atomic E-state index is 0.122. The molecule has 1 aromatic carbocycles. The molecule has 0 saturated carbocycles. The van der Waals surface area contributed by atoms with Gasteiger partial charge >= 0.3 is 6.03 Å². The standard InChI is InChI=1S/C17H20N4O/c22-17(19-12-14-5-4-9-18-11-14)20-15-8-10-21(13-15)16-6-2-1-3-7-16/h1-7,9,11,15H,8,10,12-13H2,(H2,19,20,22)/t15-/m1/s1. The quantitative estimate of drug-likeness (QED) is 0.909. The second kappa shape index (κ2) is 6.93. The summed E-state index contributed by atoms with van der Waals surface area (Å²) < 4.78 is 0. The molecular weight excluding hydrogens is 276 g/mol. The van der Waals surface area contributed by atoms with Gasteiger partial charge in [0.2, 0.25) is 0 Å². The van der Waals surface area contributed by atoms with Crippen LogP contribution in [0.15, 0.2) is 54.9 Å². The van der Waals surface area contributed by atoms with Gasteiger partial charge in [0.15, 0.2) is 0 Å². The Morgan fingerprint density at radius 1 is 1.23 bits per heavy atom. The second-order valence-electron chi connectivity index (χ2n) is 5.46. The van der Waals surface area contributed by atoms with Crippen molar-refractivity contribution < 1.29 is 4.79 Å². The first kappa shape index (κ1) is 14.4. The summed E-state index contributed by atoms with van der Waals surface area (Å²) in [4.78, 5) is 18.3.